The highest BCUT2D eigenvalue weighted by Crippen LogP contribution is 2.59. The Balaban J connectivity index is 1.06. The minimum atomic E-state index is -0.482. The van der Waals surface area contributed by atoms with Gasteiger partial charge in [-0.3, -0.25) is 0 Å². The van der Waals surface area contributed by atoms with Crippen molar-refractivity contribution in [1.29, 1.82) is 0 Å². The van der Waals surface area contributed by atoms with Gasteiger partial charge < -0.3 is 9.32 Å². The lowest BCUT2D eigenvalue weighted by Gasteiger charge is -2.34. The molecule has 272 valence electrons. The zero-order valence-corrected chi connectivity index (χ0v) is 32.3. The number of rotatable bonds is 6. The molecule has 0 radical (unpaired) electrons. The van der Waals surface area contributed by atoms with Gasteiger partial charge in [0.2, 0.25) is 0 Å². The fourth-order valence-corrected chi connectivity index (χ4v) is 10.9. The van der Waals surface area contributed by atoms with Gasteiger partial charge in [0.05, 0.1) is 11.1 Å². The second-order valence-corrected chi connectivity index (χ2v) is 16.2. The van der Waals surface area contributed by atoms with Crippen LogP contribution in [0.15, 0.2) is 217 Å². The minimum absolute atomic E-state index is 0.482. The molecule has 0 aliphatic heterocycles. The highest BCUT2D eigenvalue weighted by molar-refractivity contribution is 7.26. The van der Waals surface area contributed by atoms with Crippen LogP contribution in [0.1, 0.15) is 22.3 Å². The number of anilines is 3. The fourth-order valence-electron chi connectivity index (χ4n) is 9.78. The Kier molecular flexibility index (Phi) is 7.35. The van der Waals surface area contributed by atoms with E-state index in [9.17, 15) is 0 Å². The monoisotopic (exact) mass is 757 g/mol. The first-order chi connectivity index (χ1) is 28.8. The van der Waals surface area contributed by atoms with E-state index in [0.29, 0.717) is 0 Å². The second kappa shape index (κ2) is 12.9. The molecule has 2 heterocycles. The first-order valence-corrected chi connectivity index (χ1v) is 20.7. The molecule has 0 amide bonds. The Hall–Kier alpha value is -7.20. The largest absolute Gasteiger partial charge is 0.455 e. The van der Waals surface area contributed by atoms with E-state index < -0.39 is 5.41 Å². The summed E-state index contributed by atoms with van der Waals surface area (Å²) in [5.41, 5.74) is 14.7. The molecule has 1 aliphatic carbocycles. The van der Waals surface area contributed by atoms with Crippen LogP contribution in [0.4, 0.5) is 17.1 Å². The average Bonchev–Trinajstić information content (AvgIpc) is 3.97. The van der Waals surface area contributed by atoms with Crippen molar-refractivity contribution in [3.05, 3.63) is 235 Å². The Morgan fingerprint density at radius 1 is 0.414 bits per heavy atom. The van der Waals surface area contributed by atoms with Crippen molar-refractivity contribution in [2.75, 3.05) is 4.90 Å². The van der Waals surface area contributed by atoms with Crippen molar-refractivity contribution in [3.63, 3.8) is 0 Å². The second-order valence-electron chi connectivity index (χ2n) is 15.1. The molecule has 0 bridgehead atoms. The third kappa shape index (κ3) is 4.71. The molecule has 58 heavy (non-hydrogen) atoms. The lowest BCUT2D eigenvalue weighted by Crippen LogP contribution is -2.28. The van der Waals surface area contributed by atoms with Crippen molar-refractivity contribution in [1.82, 2.24) is 0 Å². The zero-order valence-electron chi connectivity index (χ0n) is 31.5. The molecule has 11 aromatic rings. The molecule has 2 nitrogen and oxygen atoms in total. The molecule has 1 aliphatic rings. The summed E-state index contributed by atoms with van der Waals surface area (Å²) in [5.74, 6) is 0. The maximum Gasteiger partial charge on any atom is 0.144 e. The van der Waals surface area contributed by atoms with Gasteiger partial charge in [0.25, 0.3) is 0 Å². The molecule has 12 rings (SSSR count). The molecule has 0 atom stereocenters. The van der Waals surface area contributed by atoms with Crippen LogP contribution in [-0.4, -0.2) is 0 Å². The van der Waals surface area contributed by atoms with Gasteiger partial charge in [-0.25, -0.2) is 0 Å². The quantitative estimate of drug-likeness (QED) is 0.168. The summed E-state index contributed by atoms with van der Waals surface area (Å²) in [7, 11) is 0. The standard InChI is InChI=1S/C55H35NOS/c1-4-16-37(17-5-1)55(38-18-6-2-7-19-38)45-25-12-10-23-44(45)51-46(55)26-15-27-47(51)56(39-20-8-3-9-21-39)40-32-30-36(31-33-40)41-24-14-29-49-52(41)53-50(58-49)35-34-43-42-22-11-13-28-48(42)57-54(43)53/h1-35H. The maximum atomic E-state index is 6.60. The molecule has 2 aromatic heterocycles. The van der Waals surface area contributed by atoms with Crippen LogP contribution in [0, 0.1) is 0 Å². The SMILES string of the molecule is c1ccc(N(c2ccc(-c3cccc4sc5ccc6c7ccccc7oc6c5c34)cc2)c2cccc3c2-c2ccccc2C3(c2ccccc2)c2ccccc2)cc1. The zero-order chi connectivity index (χ0) is 38.2. The van der Waals surface area contributed by atoms with E-state index in [1.807, 2.05) is 17.4 Å². The fraction of sp³-hybridized carbons (Fsp3) is 0.0182. The van der Waals surface area contributed by atoms with E-state index in [4.69, 9.17) is 4.42 Å². The lowest BCUT2D eigenvalue weighted by atomic mass is 9.68. The number of nitrogens with zero attached hydrogens (tertiary/aromatic N) is 1. The Bertz CT molecular complexity index is 3290. The Morgan fingerprint density at radius 3 is 1.79 bits per heavy atom. The van der Waals surface area contributed by atoms with E-state index >= 15 is 0 Å². The summed E-state index contributed by atoms with van der Waals surface area (Å²) in [4.78, 5) is 2.43. The molecule has 0 fully saturated rings. The first-order valence-electron chi connectivity index (χ1n) is 19.8. The number of hydrogen-bond donors (Lipinski definition) is 0. The van der Waals surface area contributed by atoms with Gasteiger partial charge in [-0.1, -0.05) is 158 Å². The highest BCUT2D eigenvalue weighted by Gasteiger charge is 2.47. The minimum Gasteiger partial charge on any atom is -0.455 e. The number of furan rings is 1. The van der Waals surface area contributed by atoms with Crippen LogP contribution < -0.4 is 4.90 Å². The predicted octanol–water partition coefficient (Wildman–Crippen LogP) is 15.5. The van der Waals surface area contributed by atoms with Gasteiger partial charge in [0.15, 0.2) is 0 Å². The smallest absolute Gasteiger partial charge is 0.144 e. The van der Waals surface area contributed by atoms with Gasteiger partial charge in [-0.05, 0) is 93.5 Å². The summed E-state index contributed by atoms with van der Waals surface area (Å²) in [5, 5.41) is 4.75. The van der Waals surface area contributed by atoms with Crippen molar-refractivity contribution < 1.29 is 4.42 Å². The van der Waals surface area contributed by atoms with Gasteiger partial charge in [-0.2, -0.15) is 0 Å². The molecule has 0 spiro atoms. The van der Waals surface area contributed by atoms with E-state index in [2.05, 4.69) is 211 Å². The average molecular weight is 758 g/mol. The third-order valence-electron chi connectivity index (χ3n) is 12.2. The van der Waals surface area contributed by atoms with Crippen molar-refractivity contribution >= 4 is 70.5 Å². The van der Waals surface area contributed by atoms with Crippen LogP contribution in [0.5, 0.6) is 0 Å². The lowest BCUT2D eigenvalue weighted by molar-refractivity contribution is 0.673. The van der Waals surface area contributed by atoms with E-state index in [-0.39, 0.29) is 0 Å². The molecule has 0 unspecified atom stereocenters. The summed E-state index contributed by atoms with van der Waals surface area (Å²) < 4.78 is 9.10. The molecular weight excluding hydrogens is 723 g/mol. The maximum absolute atomic E-state index is 6.60. The van der Waals surface area contributed by atoms with Crippen molar-refractivity contribution in [2.45, 2.75) is 5.41 Å². The Morgan fingerprint density at radius 2 is 1.02 bits per heavy atom. The number of para-hydroxylation sites is 2. The van der Waals surface area contributed by atoms with E-state index in [1.54, 1.807) is 0 Å². The predicted molar refractivity (Wildman–Crippen MR) is 244 cm³/mol. The molecule has 0 saturated carbocycles. The van der Waals surface area contributed by atoms with Crippen LogP contribution in [0.3, 0.4) is 0 Å². The van der Waals surface area contributed by atoms with Gasteiger partial charge in [0.1, 0.15) is 11.2 Å². The van der Waals surface area contributed by atoms with Gasteiger partial charge in [-0.15, -0.1) is 11.3 Å². The van der Waals surface area contributed by atoms with Crippen molar-refractivity contribution in [2.24, 2.45) is 0 Å². The van der Waals surface area contributed by atoms with Crippen LogP contribution >= 0.6 is 11.3 Å². The number of thiophene rings is 1. The van der Waals surface area contributed by atoms with Gasteiger partial charge >= 0.3 is 0 Å². The van der Waals surface area contributed by atoms with Crippen LogP contribution in [0.25, 0.3) is 64.4 Å². The van der Waals surface area contributed by atoms with Crippen LogP contribution in [-0.2, 0) is 5.41 Å². The summed E-state index contributed by atoms with van der Waals surface area (Å²) in [6.07, 6.45) is 0. The van der Waals surface area contributed by atoms with Crippen molar-refractivity contribution in [3.8, 4) is 22.3 Å². The number of benzene rings is 9. The highest BCUT2D eigenvalue weighted by atomic mass is 32.1. The summed E-state index contributed by atoms with van der Waals surface area (Å²) in [6.45, 7) is 0. The molecule has 9 aromatic carbocycles. The van der Waals surface area contributed by atoms with Crippen LogP contribution in [0.2, 0.25) is 0 Å². The van der Waals surface area contributed by atoms with Gasteiger partial charge in [0, 0.05) is 47.9 Å². The molecule has 3 heteroatoms. The number of fused-ring (bicyclic) bond motifs is 10. The summed E-state index contributed by atoms with van der Waals surface area (Å²) >= 11 is 1.83. The normalized spacial score (nSPS) is 13.0. The topological polar surface area (TPSA) is 16.4 Å². The molecule has 0 N–H and O–H groups in total. The molecule has 0 saturated heterocycles. The Labute approximate surface area is 340 Å². The first kappa shape index (κ1) is 33.0. The van der Waals surface area contributed by atoms with E-state index in [0.717, 1.165) is 39.0 Å². The molecular formula is C55H35NOS. The summed E-state index contributed by atoms with van der Waals surface area (Å²) in [6, 6.07) is 77.4. The van der Waals surface area contributed by atoms with E-state index in [1.165, 1.54) is 64.7 Å². The third-order valence-corrected chi connectivity index (χ3v) is 13.3. The number of hydrogen-bond acceptors (Lipinski definition) is 3.